The number of aromatic nitrogens is 3. The largest absolute Gasteiger partial charge is 0.357 e. The zero-order valence-electron chi connectivity index (χ0n) is 9.14. The molecule has 16 heavy (non-hydrogen) atoms. The number of nitrogens with one attached hydrogen (secondary N) is 2. The third-order valence-corrected chi connectivity index (χ3v) is 2.23. The first-order valence-electron chi connectivity index (χ1n) is 5.00. The molecule has 1 atom stereocenters. The van der Waals surface area contributed by atoms with Crippen molar-refractivity contribution in [1.29, 1.82) is 0 Å². The fraction of sp³-hybridized carbons (Fsp3) is 0.300. The normalized spacial score (nSPS) is 12.4. The Morgan fingerprint density at radius 2 is 2.31 bits per heavy atom. The van der Waals surface area contributed by atoms with Gasteiger partial charge in [0, 0.05) is 13.2 Å². The van der Waals surface area contributed by atoms with Crippen molar-refractivity contribution in [2.24, 2.45) is 0 Å². The summed E-state index contributed by atoms with van der Waals surface area (Å²) in [4.78, 5) is 15.5. The number of likely N-dealkylation sites (N-methyl/N-ethyl adjacent to an activating group) is 1. The number of anilines is 1. The summed E-state index contributed by atoms with van der Waals surface area (Å²) in [5.41, 5.74) is 0.745. The van der Waals surface area contributed by atoms with Crippen molar-refractivity contribution >= 4 is 17.5 Å². The average Bonchev–Trinajstić information content (AvgIpc) is 2.69. The molecule has 0 aliphatic carbocycles. The Morgan fingerprint density at radius 1 is 1.50 bits per heavy atom. The molecule has 6 heteroatoms. The first kappa shape index (κ1) is 10.4. The van der Waals surface area contributed by atoms with E-state index in [9.17, 15) is 4.79 Å². The van der Waals surface area contributed by atoms with E-state index in [4.69, 9.17) is 0 Å². The third kappa shape index (κ3) is 1.95. The second kappa shape index (κ2) is 4.18. The lowest BCUT2D eigenvalue weighted by Crippen LogP contribution is -2.35. The fourth-order valence-corrected chi connectivity index (χ4v) is 1.37. The molecule has 2 heterocycles. The van der Waals surface area contributed by atoms with E-state index in [1.165, 1.54) is 0 Å². The molecule has 2 rings (SSSR count). The summed E-state index contributed by atoms with van der Waals surface area (Å²) in [6, 6.07) is 5.24. The maximum absolute atomic E-state index is 11.3. The van der Waals surface area contributed by atoms with E-state index in [0.717, 1.165) is 5.65 Å². The van der Waals surface area contributed by atoms with Crippen LogP contribution >= 0.6 is 0 Å². The number of hydrogen-bond acceptors (Lipinski definition) is 4. The van der Waals surface area contributed by atoms with E-state index in [0.29, 0.717) is 5.95 Å². The van der Waals surface area contributed by atoms with E-state index >= 15 is 0 Å². The van der Waals surface area contributed by atoms with Gasteiger partial charge < -0.3 is 10.6 Å². The number of rotatable bonds is 3. The van der Waals surface area contributed by atoms with Gasteiger partial charge in [-0.15, -0.1) is 5.10 Å². The monoisotopic (exact) mass is 219 g/mol. The van der Waals surface area contributed by atoms with E-state index in [-0.39, 0.29) is 11.9 Å². The molecule has 0 aliphatic heterocycles. The van der Waals surface area contributed by atoms with Crippen molar-refractivity contribution in [3.05, 3.63) is 24.4 Å². The van der Waals surface area contributed by atoms with Gasteiger partial charge in [0.05, 0.1) is 0 Å². The van der Waals surface area contributed by atoms with E-state index in [2.05, 4.69) is 20.7 Å². The van der Waals surface area contributed by atoms with Crippen molar-refractivity contribution in [3.63, 3.8) is 0 Å². The van der Waals surface area contributed by atoms with Crippen LogP contribution in [0.15, 0.2) is 24.4 Å². The number of amides is 1. The fourth-order valence-electron chi connectivity index (χ4n) is 1.37. The first-order chi connectivity index (χ1) is 7.70. The second-order valence-corrected chi connectivity index (χ2v) is 3.42. The molecule has 0 bridgehead atoms. The van der Waals surface area contributed by atoms with Gasteiger partial charge in [0.25, 0.3) is 0 Å². The number of fused-ring (bicyclic) bond motifs is 1. The van der Waals surface area contributed by atoms with Gasteiger partial charge in [-0.05, 0) is 19.1 Å². The number of carbonyl (C=O) groups is 1. The smallest absolute Gasteiger partial charge is 0.243 e. The van der Waals surface area contributed by atoms with Crippen LogP contribution in [0.3, 0.4) is 0 Å². The first-order valence-corrected chi connectivity index (χ1v) is 5.00. The van der Waals surface area contributed by atoms with Gasteiger partial charge in [-0.1, -0.05) is 6.07 Å². The minimum absolute atomic E-state index is 0.0983. The maximum atomic E-state index is 11.3. The number of hydrogen-bond donors (Lipinski definition) is 2. The molecule has 1 unspecified atom stereocenters. The van der Waals surface area contributed by atoms with Crippen molar-refractivity contribution in [2.75, 3.05) is 12.4 Å². The molecule has 0 fully saturated rings. The van der Waals surface area contributed by atoms with Gasteiger partial charge in [0.15, 0.2) is 5.65 Å². The topological polar surface area (TPSA) is 71.3 Å². The van der Waals surface area contributed by atoms with Crippen LogP contribution in [0.5, 0.6) is 0 Å². The van der Waals surface area contributed by atoms with Crippen LogP contribution in [0, 0.1) is 0 Å². The van der Waals surface area contributed by atoms with Gasteiger partial charge >= 0.3 is 0 Å². The Balaban J connectivity index is 2.18. The summed E-state index contributed by atoms with van der Waals surface area (Å²) in [6.45, 7) is 1.75. The molecular formula is C10H13N5O. The molecule has 0 saturated carbocycles. The Kier molecular flexibility index (Phi) is 2.72. The van der Waals surface area contributed by atoms with Crippen LogP contribution in [0.1, 0.15) is 6.92 Å². The van der Waals surface area contributed by atoms with Gasteiger partial charge in [0.1, 0.15) is 6.04 Å². The van der Waals surface area contributed by atoms with Gasteiger partial charge in [-0.2, -0.15) is 4.98 Å². The van der Waals surface area contributed by atoms with Crippen LogP contribution in [0.25, 0.3) is 5.65 Å². The lowest BCUT2D eigenvalue weighted by molar-refractivity contribution is -0.121. The Bertz CT molecular complexity index is 474. The highest BCUT2D eigenvalue weighted by Crippen LogP contribution is 2.05. The van der Waals surface area contributed by atoms with Crippen LogP contribution in [0.4, 0.5) is 5.95 Å². The Labute approximate surface area is 92.7 Å². The average molecular weight is 219 g/mol. The lowest BCUT2D eigenvalue weighted by Gasteiger charge is -2.09. The van der Waals surface area contributed by atoms with Gasteiger partial charge in [-0.25, -0.2) is 4.52 Å². The van der Waals surface area contributed by atoms with Crippen molar-refractivity contribution < 1.29 is 4.79 Å². The van der Waals surface area contributed by atoms with Gasteiger partial charge in [-0.3, -0.25) is 4.79 Å². The van der Waals surface area contributed by atoms with Crippen molar-refractivity contribution in [2.45, 2.75) is 13.0 Å². The molecule has 0 spiro atoms. The standard InChI is InChI=1S/C10H13N5O/c1-7(9(16)11-2)12-10-13-8-5-3-4-6-15(8)14-10/h3-7H,1-2H3,(H,11,16)(H,12,14). The van der Waals surface area contributed by atoms with Crippen LogP contribution in [-0.2, 0) is 4.79 Å². The van der Waals surface area contributed by atoms with Crippen LogP contribution < -0.4 is 10.6 Å². The summed E-state index contributed by atoms with van der Waals surface area (Å²) in [5.74, 6) is 0.348. The molecule has 2 aromatic rings. The SMILES string of the molecule is CNC(=O)C(C)Nc1nc2ccccn2n1. The third-order valence-electron chi connectivity index (χ3n) is 2.23. The zero-order chi connectivity index (χ0) is 11.5. The summed E-state index contributed by atoms with van der Waals surface area (Å²) < 4.78 is 1.65. The molecule has 84 valence electrons. The van der Waals surface area contributed by atoms with Crippen LogP contribution in [0.2, 0.25) is 0 Å². The summed E-state index contributed by atoms with van der Waals surface area (Å²) in [7, 11) is 1.59. The molecule has 0 aliphatic rings. The predicted molar refractivity (Wildman–Crippen MR) is 60.1 cm³/mol. The molecule has 2 aromatic heterocycles. The summed E-state index contributed by atoms with van der Waals surface area (Å²) in [6.07, 6.45) is 1.80. The minimum Gasteiger partial charge on any atom is -0.357 e. The summed E-state index contributed by atoms with van der Waals surface area (Å²) in [5, 5.41) is 9.67. The van der Waals surface area contributed by atoms with Crippen molar-refractivity contribution in [3.8, 4) is 0 Å². The maximum Gasteiger partial charge on any atom is 0.243 e. The molecular weight excluding hydrogens is 206 g/mol. The predicted octanol–water partition coefficient (Wildman–Crippen LogP) is 0.276. The van der Waals surface area contributed by atoms with Crippen LogP contribution in [-0.4, -0.2) is 33.6 Å². The highest BCUT2D eigenvalue weighted by atomic mass is 16.2. The van der Waals surface area contributed by atoms with Gasteiger partial charge in [0.2, 0.25) is 11.9 Å². The molecule has 6 nitrogen and oxygen atoms in total. The lowest BCUT2D eigenvalue weighted by atomic mass is 10.3. The molecule has 2 N–H and O–H groups in total. The minimum atomic E-state index is -0.359. The molecule has 1 amide bonds. The quantitative estimate of drug-likeness (QED) is 0.777. The number of pyridine rings is 1. The van der Waals surface area contributed by atoms with E-state index < -0.39 is 0 Å². The van der Waals surface area contributed by atoms with Crippen molar-refractivity contribution in [1.82, 2.24) is 19.9 Å². The van der Waals surface area contributed by atoms with E-state index in [1.807, 2.05) is 18.2 Å². The Morgan fingerprint density at radius 3 is 3.00 bits per heavy atom. The van der Waals surface area contributed by atoms with E-state index in [1.54, 1.807) is 24.7 Å². The highest BCUT2D eigenvalue weighted by molar-refractivity contribution is 5.83. The summed E-state index contributed by atoms with van der Waals surface area (Å²) >= 11 is 0. The zero-order valence-corrected chi connectivity index (χ0v) is 9.14. The number of carbonyl (C=O) groups excluding carboxylic acids is 1. The second-order valence-electron chi connectivity index (χ2n) is 3.42. The molecule has 0 aromatic carbocycles. The Hall–Kier alpha value is -2.11. The number of nitrogens with zero attached hydrogens (tertiary/aromatic N) is 3. The molecule has 0 radical (unpaired) electrons. The highest BCUT2D eigenvalue weighted by Gasteiger charge is 2.12. The molecule has 0 saturated heterocycles.